The van der Waals surface area contributed by atoms with Crippen LogP contribution in [0.2, 0.25) is 0 Å². The minimum atomic E-state index is -2.84. The molecule has 0 amide bonds. The quantitative estimate of drug-likeness (QED) is 0.785. The summed E-state index contributed by atoms with van der Waals surface area (Å²) in [5, 5.41) is 3.40. The SMILES string of the molecule is CCC(CC)NCc1ccc(OC(F)F)c(OC)c1. The summed E-state index contributed by atoms with van der Waals surface area (Å²) in [7, 11) is 1.44. The van der Waals surface area contributed by atoms with Gasteiger partial charge < -0.3 is 14.8 Å². The van der Waals surface area contributed by atoms with Crippen molar-refractivity contribution in [3.63, 3.8) is 0 Å². The van der Waals surface area contributed by atoms with Gasteiger partial charge in [0.05, 0.1) is 7.11 Å². The summed E-state index contributed by atoms with van der Waals surface area (Å²) in [4.78, 5) is 0. The number of benzene rings is 1. The average Bonchev–Trinajstić information content (AvgIpc) is 2.40. The molecule has 0 unspecified atom stereocenters. The van der Waals surface area contributed by atoms with Gasteiger partial charge >= 0.3 is 6.61 Å². The number of alkyl halides is 2. The maximum atomic E-state index is 12.2. The Morgan fingerprint density at radius 1 is 1.16 bits per heavy atom. The molecule has 0 aliphatic heterocycles. The van der Waals surface area contributed by atoms with Crippen LogP contribution < -0.4 is 14.8 Å². The van der Waals surface area contributed by atoms with Crippen molar-refractivity contribution in [1.82, 2.24) is 5.32 Å². The molecule has 19 heavy (non-hydrogen) atoms. The van der Waals surface area contributed by atoms with Crippen molar-refractivity contribution in [1.29, 1.82) is 0 Å². The standard InChI is InChI=1S/C14H21F2NO2/c1-4-11(5-2)17-9-10-6-7-12(19-14(15)16)13(8-10)18-3/h6-8,11,14,17H,4-5,9H2,1-3H3. The third-order valence-corrected chi connectivity index (χ3v) is 3.02. The van der Waals surface area contributed by atoms with Crippen LogP contribution in [0.5, 0.6) is 11.5 Å². The smallest absolute Gasteiger partial charge is 0.387 e. The Kier molecular flexibility index (Phi) is 6.56. The van der Waals surface area contributed by atoms with Crippen LogP contribution in [0.3, 0.4) is 0 Å². The van der Waals surface area contributed by atoms with Crippen molar-refractivity contribution in [2.45, 2.75) is 45.9 Å². The Balaban J connectivity index is 2.70. The molecule has 5 heteroatoms. The fourth-order valence-corrected chi connectivity index (χ4v) is 1.85. The van der Waals surface area contributed by atoms with Crippen LogP contribution in [-0.2, 0) is 6.54 Å². The molecule has 0 saturated carbocycles. The molecule has 0 aliphatic carbocycles. The van der Waals surface area contributed by atoms with E-state index in [4.69, 9.17) is 4.74 Å². The lowest BCUT2D eigenvalue weighted by Crippen LogP contribution is -2.26. The van der Waals surface area contributed by atoms with Gasteiger partial charge in [0.25, 0.3) is 0 Å². The predicted molar refractivity (Wildman–Crippen MR) is 70.8 cm³/mol. The summed E-state index contributed by atoms with van der Waals surface area (Å²) in [6, 6.07) is 5.44. The second-order valence-electron chi connectivity index (χ2n) is 4.26. The van der Waals surface area contributed by atoms with Crippen molar-refractivity contribution < 1.29 is 18.3 Å². The first-order valence-corrected chi connectivity index (χ1v) is 6.45. The summed E-state index contributed by atoms with van der Waals surface area (Å²) in [5.41, 5.74) is 0.977. The zero-order valence-corrected chi connectivity index (χ0v) is 11.6. The van der Waals surface area contributed by atoms with Crippen LogP contribution in [0.15, 0.2) is 18.2 Å². The van der Waals surface area contributed by atoms with Crippen molar-refractivity contribution in [2.24, 2.45) is 0 Å². The van der Waals surface area contributed by atoms with Gasteiger partial charge in [-0.15, -0.1) is 0 Å². The molecule has 108 valence electrons. The maximum absolute atomic E-state index is 12.2. The van der Waals surface area contributed by atoms with E-state index in [0.717, 1.165) is 18.4 Å². The molecule has 0 spiro atoms. The summed E-state index contributed by atoms with van der Waals surface area (Å²) in [6.07, 6.45) is 2.11. The van der Waals surface area contributed by atoms with Gasteiger partial charge in [0.1, 0.15) is 0 Å². The zero-order chi connectivity index (χ0) is 14.3. The molecule has 0 saturated heterocycles. The zero-order valence-electron chi connectivity index (χ0n) is 11.6. The highest BCUT2D eigenvalue weighted by molar-refractivity contribution is 5.42. The highest BCUT2D eigenvalue weighted by atomic mass is 19.3. The third-order valence-electron chi connectivity index (χ3n) is 3.02. The molecule has 1 aromatic rings. The molecule has 1 rings (SSSR count). The van der Waals surface area contributed by atoms with E-state index >= 15 is 0 Å². The fourth-order valence-electron chi connectivity index (χ4n) is 1.85. The van der Waals surface area contributed by atoms with Gasteiger partial charge in [-0.1, -0.05) is 19.9 Å². The van der Waals surface area contributed by atoms with Crippen LogP contribution in [0, 0.1) is 0 Å². The lowest BCUT2D eigenvalue weighted by atomic mass is 10.1. The Morgan fingerprint density at radius 2 is 1.84 bits per heavy atom. The number of halogens is 2. The molecule has 0 heterocycles. The van der Waals surface area contributed by atoms with E-state index in [9.17, 15) is 8.78 Å². The van der Waals surface area contributed by atoms with E-state index in [1.54, 1.807) is 12.1 Å². The first-order chi connectivity index (χ1) is 9.10. The largest absolute Gasteiger partial charge is 0.493 e. The van der Waals surface area contributed by atoms with Gasteiger partial charge in [0.15, 0.2) is 11.5 Å². The number of ether oxygens (including phenoxy) is 2. The molecule has 1 aromatic carbocycles. The Labute approximate surface area is 112 Å². The summed E-state index contributed by atoms with van der Waals surface area (Å²) < 4.78 is 33.8. The lowest BCUT2D eigenvalue weighted by Gasteiger charge is -2.16. The Bertz CT molecular complexity index is 382. The molecule has 1 N–H and O–H groups in total. The highest BCUT2D eigenvalue weighted by Crippen LogP contribution is 2.29. The minimum Gasteiger partial charge on any atom is -0.493 e. The minimum absolute atomic E-state index is 0.0591. The summed E-state index contributed by atoms with van der Waals surface area (Å²) >= 11 is 0. The van der Waals surface area contributed by atoms with Crippen molar-refractivity contribution in [3.05, 3.63) is 23.8 Å². The molecule has 0 atom stereocenters. The van der Waals surface area contributed by atoms with Crippen LogP contribution in [0.25, 0.3) is 0 Å². The Hall–Kier alpha value is -1.36. The van der Waals surface area contributed by atoms with Crippen LogP contribution in [0.1, 0.15) is 32.3 Å². The van der Waals surface area contributed by atoms with E-state index in [-0.39, 0.29) is 5.75 Å². The molecule has 0 aromatic heterocycles. The fraction of sp³-hybridized carbons (Fsp3) is 0.571. The molecule has 0 aliphatic rings. The lowest BCUT2D eigenvalue weighted by molar-refractivity contribution is -0.0512. The van der Waals surface area contributed by atoms with Gasteiger partial charge in [-0.2, -0.15) is 8.78 Å². The van der Waals surface area contributed by atoms with Gasteiger partial charge in [0, 0.05) is 12.6 Å². The topological polar surface area (TPSA) is 30.5 Å². The first kappa shape index (κ1) is 15.7. The van der Waals surface area contributed by atoms with Crippen molar-refractivity contribution in [3.8, 4) is 11.5 Å². The number of hydrogen-bond donors (Lipinski definition) is 1. The van der Waals surface area contributed by atoms with E-state index in [1.807, 2.05) is 0 Å². The molecule has 0 radical (unpaired) electrons. The van der Waals surface area contributed by atoms with Crippen LogP contribution in [-0.4, -0.2) is 19.8 Å². The monoisotopic (exact) mass is 273 g/mol. The van der Waals surface area contributed by atoms with Crippen LogP contribution >= 0.6 is 0 Å². The van der Waals surface area contributed by atoms with Crippen LogP contribution in [0.4, 0.5) is 8.78 Å². The van der Waals surface area contributed by atoms with Gasteiger partial charge in [-0.3, -0.25) is 0 Å². The number of methoxy groups -OCH3 is 1. The van der Waals surface area contributed by atoms with Gasteiger partial charge in [-0.25, -0.2) is 0 Å². The number of nitrogens with one attached hydrogen (secondary N) is 1. The average molecular weight is 273 g/mol. The predicted octanol–water partition coefficient (Wildman–Crippen LogP) is 3.57. The molecular formula is C14H21F2NO2. The molecule has 0 bridgehead atoms. The molecule has 0 fully saturated rings. The van der Waals surface area contributed by atoms with E-state index in [0.29, 0.717) is 18.3 Å². The molecular weight excluding hydrogens is 252 g/mol. The maximum Gasteiger partial charge on any atom is 0.387 e. The van der Waals surface area contributed by atoms with Crippen molar-refractivity contribution in [2.75, 3.05) is 7.11 Å². The Morgan fingerprint density at radius 3 is 2.37 bits per heavy atom. The second kappa shape index (κ2) is 7.94. The summed E-state index contributed by atoms with van der Waals surface area (Å²) in [6.45, 7) is 2.09. The van der Waals surface area contributed by atoms with Crippen molar-refractivity contribution >= 4 is 0 Å². The summed E-state index contributed by atoms with van der Waals surface area (Å²) in [5.74, 6) is 0.382. The normalized spacial score (nSPS) is 11.1. The second-order valence-corrected chi connectivity index (χ2v) is 4.26. The highest BCUT2D eigenvalue weighted by Gasteiger charge is 2.11. The van der Waals surface area contributed by atoms with E-state index in [2.05, 4.69) is 23.9 Å². The van der Waals surface area contributed by atoms with E-state index < -0.39 is 6.61 Å². The van der Waals surface area contributed by atoms with E-state index in [1.165, 1.54) is 13.2 Å². The van der Waals surface area contributed by atoms with Gasteiger partial charge in [-0.05, 0) is 30.5 Å². The first-order valence-electron chi connectivity index (χ1n) is 6.45. The third kappa shape index (κ3) is 5.03. The number of rotatable bonds is 8. The number of hydrogen-bond acceptors (Lipinski definition) is 3. The molecule has 3 nitrogen and oxygen atoms in total. The van der Waals surface area contributed by atoms with Gasteiger partial charge in [0.2, 0.25) is 0 Å².